The molecule has 0 fully saturated rings. The highest BCUT2D eigenvalue weighted by molar-refractivity contribution is 7.08. The van der Waals surface area contributed by atoms with Crippen LogP contribution < -0.4 is 10.5 Å². The van der Waals surface area contributed by atoms with Crippen LogP contribution in [0.3, 0.4) is 0 Å². The average Bonchev–Trinajstić information content (AvgIpc) is 3.08. The number of hydrogen-bond donors (Lipinski definition) is 1. The first-order chi connectivity index (χ1) is 9.69. The molecular formula is C14H13N3O2S. The highest BCUT2D eigenvalue weighted by Gasteiger charge is 2.15. The maximum atomic E-state index is 5.95. The Hall–Kier alpha value is -2.34. The molecule has 3 rings (SSSR count). The fraction of sp³-hybridized carbons (Fsp3) is 0.143. The van der Waals surface area contributed by atoms with E-state index in [1.54, 1.807) is 36.6 Å². The van der Waals surface area contributed by atoms with Crippen molar-refractivity contribution in [2.75, 3.05) is 12.8 Å². The highest BCUT2D eigenvalue weighted by Crippen LogP contribution is 2.31. The number of rotatable bonds is 3. The van der Waals surface area contributed by atoms with Crippen LogP contribution in [0.15, 0.2) is 33.5 Å². The topological polar surface area (TPSA) is 74.2 Å². The summed E-state index contributed by atoms with van der Waals surface area (Å²) in [6.07, 6.45) is 0. The predicted molar refractivity (Wildman–Crippen MR) is 78.7 cm³/mol. The first-order valence-electron chi connectivity index (χ1n) is 6.00. The Kier molecular flexibility index (Phi) is 3.15. The smallest absolute Gasteiger partial charge is 0.260 e. The minimum Gasteiger partial charge on any atom is -0.497 e. The molecule has 0 amide bonds. The van der Waals surface area contributed by atoms with Gasteiger partial charge >= 0.3 is 0 Å². The molecule has 0 aliphatic rings. The second-order valence-electron chi connectivity index (χ2n) is 4.34. The highest BCUT2D eigenvalue weighted by atomic mass is 32.1. The van der Waals surface area contributed by atoms with Gasteiger partial charge in [-0.25, -0.2) is 0 Å². The number of anilines is 1. The van der Waals surface area contributed by atoms with E-state index >= 15 is 0 Å². The van der Waals surface area contributed by atoms with Gasteiger partial charge in [-0.1, -0.05) is 5.16 Å². The van der Waals surface area contributed by atoms with E-state index < -0.39 is 0 Å². The quantitative estimate of drug-likeness (QED) is 0.748. The predicted octanol–water partition coefficient (Wildman–Crippen LogP) is 3.36. The Balaban J connectivity index is 2.04. The third-order valence-electron chi connectivity index (χ3n) is 3.01. The molecule has 1 aromatic carbocycles. The SMILES string of the molecule is COc1ccc(N)c(-c2nc(-c3cscc3C)no2)c1. The van der Waals surface area contributed by atoms with Gasteiger partial charge in [0.25, 0.3) is 5.89 Å². The van der Waals surface area contributed by atoms with Crippen molar-refractivity contribution < 1.29 is 9.26 Å². The molecule has 2 heterocycles. The zero-order valence-corrected chi connectivity index (χ0v) is 11.9. The summed E-state index contributed by atoms with van der Waals surface area (Å²) in [5.74, 6) is 1.66. The number of benzene rings is 1. The van der Waals surface area contributed by atoms with Crippen molar-refractivity contribution in [1.29, 1.82) is 0 Å². The largest absolute Gasteiger partial charge is 0.497 e. The fourth-order valence-corrected chi connectivity index (χ4v) is 2.71. The second kappa shape index (κ2) is 4.97. The summed E-state index contributed by atoms with van der Waals surface area (Å²) in [4.78, 5) is 4.41. The van der Waals surface area contributed by atoms with Crippen molar-refractivity contribution in [1.82, 2.24) is 10.1 Å². The molecule has 0 bridgehead atoms. The molecule has 0 radical (unpaired) electrons. The Bertz CT molecular complexity index is 748. The van der Waals surface area contributed by atoms with Crippen LogP contribution >= 0.6 is 11.3 Å². The number of nitrogen functional groups attached to an aromatic ring is 1. The molecule has 5 nitrogen and oxygen atoms in total. The number of ether oxygens (including phenoxy) is 1. The first-order valence-corrected chi connectivity index (χ1v) is 6.94. The van der Waals surface area contributed by atoms with Gasteiger partial charge in [-0.3, -0.25) is 0 Å². The van der Waals surface area contributed by atoms with Crippen molar-refractivity contribution in [3.8, 4) is 28.6 Å². The van der Waals surface area contributed by atoms with Crippen LogP contribution in [0.1, 0.15) is 5.56 Å². The third-order valence-corrected chi connectivity index (χ3v) is 3.87. The van der Waals surface area contributed by atoms with Crippen LogP contribution in [-0.4, -0.2) is 17.3 Å². The van der Waals surface area contributed by atoms with Crippen LogP contribution in [0.5, 0.6) is 5.75 Å². The lowest BCUT2D eigenvalue weighted by molar-refractivity contribution is 0.413. The molecule has 20 heavy (non-hydrogen) atoms. The van der Waals surface area contributed by atoms with Crippen molar-refractivity contribution in [2.45, 2.75) is 6.92 Å². The number of aryl methyl sites for hydroxylation is 1. The summed E-state index contributed by atoms with van der Waals surface area (Å²) >= 11 is 1.61. The molecule has 0 saturated heterocycles. The van der Waals surface area contributed by atoms with E-state index in [-0.39, 0.29) is 0 Å². The van der Waals surface area contributed by atoms with Crippen molar-refractivity contribution in [3.05, 3.63) is 34.5 Å². The Morgan fingerprint density at radius 3 is 2.80 bits per heavy atom. The van der Waals surface area contributed by atoms with Gasteiger partial charge in [-0.15, -0.1) is 0 Å². The summed E-state index contributed by atoms with van der Waals surface area (Å²) < 4.78 is 10.5. The maximum Gasteiger partial charge on any atom is 0.260 e. The zero-order valence-electron chi connectivity index (χ0n) is 11.1. The number of nitrogens with zero attached hydrogens (tertiary/aromatic N) is 2. The number of hydrogen-bond acceptors (Lipinski definition) is 6. The molecule has 102 valence electrons. The second-order valence-corrected chi connectivity index (χ2v) is 5.09. The molecule has 0 atom stereocenters. The molecule has 6 heteroatoms. The fourth-order valence-electron chi connectivity index (χ4n) is 1.88. The number of methoxy groups -OCH3 is 1. The minimum absolute atomic E-state index is 0.391. The van der Waals surface area contributed by atoms with Gasteiger partial charge in [0.2, 0.25) is 5.82 Å². The van der Waals surface area contributed by atoms with Gasteiger partial charge < -0.3 is 15.0 Å². The summed E-state index contributed by atoms with van der Waals surface area (Å²) in [5.41, 5.74) is 9.31. The van der Waals surface area contributed by atoms with Crippen molar-refractivity contribution in [3.63, 3.8) is 0 Å². The summed E-state index contributed by atoms with van der Waals surface area (Å²) in [6, 6.07) is 5.33. The number of nitrogens with two attached hydrogens (primary N) is 1. The zero-order chi connectivity index (χ0) is 14.1. The minimum atomic E-state index is 0.391. The van der Waals surface area contributed by atoms with Gasteiger partial charge in [0.1, 0.15) is 5.75 Å². The summed E-state index contributed by atoms with van der Waals surface area (Å²) in [7, 11) is 1.60. The number of aromatic nitrogens is 2. The number of thiophene rings is 1. The molecule has 0 unspecified atom stereocenters. The lowest BCUT2D eigenvalue weighted by atomic mass is 10.1. The molecule has 2 aromatic heterocycles. The lowest BCUT2D eigenvalue weighted by Crippen LogP contribution is -1.92. The monoisotopic (exact) mass is 287 g/mol. The lowest BCUT2D eigenvalue weighted by Gasteiger charge is -2.03. The Morgan fingerprint density at radius 1 is 1.25 bits per heavy atom. The van der Waals surface area contributed by atoms with E-state index in [0.717, 1.165) is 11.1 Å². The molecule has 3 aromatic rings. The van der Waals surface area contributed by atoms with E-state index in [0.29, 0.717) is 28.7 Å². The average molecular weight is 287 g/mol. The van der Waals surface area contributed by atoms with E-state index in [4.69, 9.17) is 15.0 Å². The standard InChI is InChI=1S/C14H13N3O2S/c1-8-6-20-7-11(8)13-16-14(19-17-13)10-5-9(18-2)3-4-12(10)15/h3-7H,15H2,1-2H3. The Morgan fingerprint density at radius 2 is 2.10 bits per heavy atom. The van der Waals surface area contributed by atoms with Gasteiger partial charge in [0.15, 0.2) is 0 Å². The van der Waals surface area contributed by atoms with Gasteiger partial charge in [-0.05, 0) is 36.1 Å². The summed E-state index contributed by atoms with van der Waals surface area (Å²) in [6.45, 7) is 2.02. The molecule has 2 N–H and O–H groups in total. The molecule has 0 spiro atoms. The van der Waals surface area contributed by atoms with Crippen LogP contribution in [0, 0.1) is 6.92 Å². The van der Waals surface area contributed by atoms with Crippen molar-refractivity contribution in [2.24, 2.45) is 0 Å². The first kappa shape index (κ1) is 12.7. The van der Waals surface area contributed by atoms with Crippen LogP contribution in [-0.2, 0) is 0 Å². The molecule has 0 aliphatic carbocycles. The van der Waals surface area contributed by atoms with Crippen LogP contribution in [0.2, 0.25) is 0 Å². The normalized spacial score (nSPS) is 10.7. The van der Waals surface area contributed by atoms with Crippen LogP contribution in [0.25, 0.3) is 22.8 Å². The third kappa shape index (κ3) is 2.14. The van der Waals surface area contributed by atoms with Gasteiger partial charge in [0.05, 0.1) is 12.7 Å². The van der Waals surface area contributed by atoms with Gasteiger partial charge in [0, 0.05) is 16.6 Å². The Labute approximate surface area is 120 Å². The molecule has 0 saturated carbocycles. The van der Waals surface area contributed by atoms with E-state index in [1.165, 1.54) is 0 Å². The van der Waals surface area contributed by atoms with E-state index in [9.17, 15) is 0 Å². The van der Waals surface area contributed by atoms with E-state index in [2.05, 4.69) is 10.1 Å². The molecule has 0 aliphatic heterocycles. The summed E-state index contributed by atoms with van der Waals surface area (Å²) in [5, 5.41) is 8.06. The van der Waals surface area contributed by atoms with Crippen molar-refractivity contribution >= 4 is 17.0 Å². The molecular weight excluding hydrogens is 274 g/mol. The van der Waals surface area contributed by atoms with Crippen LogP contribution in [0.4, 0.5) is 5.69 Å². The van der Waals surface area contributed by atoms with Gasteiger partial charge in [-0.2, -0.15) is 16.3 Å². The van der Waals surface area contributed by atoms with E-state index in [1.807, 2.05) is 17.7 Å². The maximum absolute atomic E-state index is 5.95.